The Morgan fingerprint density at radius 1 is 1.35 bits per heavy atom. The first-order chi connectivity index (χ1) is 8.17. The maximum Gasteiger partial charge on any atom is 0.0434 e. The monoisotopic (exact) mass is 236 g/mol. The van der Waals surface area contributed by atoms with Crippen molar-refractivity contribution in [2.24, 2.45) is 5.92 Å². The summed E-state index contributed by atoms with van der Waals surface area (Å²) in [5, 5.41) is 12.5. The Balaban J connectivity index is 2.52. The van der Waals surface area contributed by atoms with Gasteiger partial charge >= 0.3 is 0 Å². The van der Waals surface area contributed by atoms with Crippen molar-refractivity contribution in [3.05, 3.63) is 23.8 Å². The average Bonchev–Trinajstić information content (AvgIpc) is 2.28. The molecule has 0 fully saturated rings. The number of aliphatic hydroxyl groups is 1. The summed E-state index contributed by atoms with van der Waals surface area (Å²) in [7, 11) is 0. The van der Waals surface area contributed by atoms with Crippen molar-refractivity contribution in [1.82, 2.24) is 0 Å². The van der Waals surface area contributed by atoms with Crippen LogP contribution in [-0.4, -0.2) is 18.3 Å². The molecule has 0 aromatic heterocycles. The molecule has 0 spiro atoms. The minimum atomic E-state index is 0.271. The normalized spacial score (nSPS) is 12.4. The van der Waals surface area contributed by atoms with Crippen molar-refractivity contribution >= 4 is 11.4 Å². The lowest BCUT2D eigenvalue weighted by Gasteiger charge is -2.17. The van der Waals surface area contributed by atoms with Crippen LogP contribution in [0.2, 0.25) is 0 Å². The Morgan fingerprint density at radius 2 is 2.12 bits per heavy atom. The van der Waals surface area contributed by atoms with Crippen LogP contribution in [0, 0.1) is 12.8 Å². The lowest BCUT2D eigenvalue weighted by atomic mass is 10.00. The van der Waals surface area contributed by atoms with Gasteiger partial charge in [-0.3, -0.25) is 0 Å². The van der Waals surface area contributed by atoms with Gasteiger partial charge in [-0.15, -0.1) is 0 Å². The topological polar surface area (TPSA) is 58.3 Å². The molecule has 0 saturated heterocycles. The van der Waals surface area contributed by atoms with Crippen LogP contribution < -0.4 is 11.1 Å². The van der Waals surface area contributed by atoms with Crippen molar-refractivity contribution in [1.29, 1.82) is 0 Å². The van der Waals surface area contributed by atoms with E-state index < -0.39 is 0 Å². The summed E-state index contributed by atoms with van der Waals surface area (Å²) >= 11 is 0. The fraction of sp³-hybridized carbons (Fsp3) is 0.571. The molecule has 1 aromatic carbocycles. The van der Waals surface area contributed by atoms with E-state index in [2.05, 4.69) is 19.2 Å². The zero-order chi connectivity index (χ0) is 12.7. The minimum absolute atomic E-state index is 0.271. The van der Waals surface area contributed by atoms with Crippen molar-refractivity contribution in [3.63, 3.8) is 0 Å². The van der Waals surface area contributed by atoms with E-state index in [0.717, 1.165) is 37.2 Å². The highest BCUT2D eigenvalue weighted by Crippen LogP contribution is 2.19. The first kappa shape index (κ1) is 13.8. The molecule has 1 rings (SSSR count). The van der Waals surface area contributed by atoms with Gasteiger partial charge in [0.2, 0.25) is 0 Å². The highest BCUT2D eigenvalue weighted by atomic mass is 16.3. The molecule has 0 heterocycles. The molecule has 17 heavy (non-hydrogen) atoms. The van der Waals surface area contributed by atoms with Gasteiger partial charge in [0.05, 0.1) is 0 Å². The van der Waals surface area contributed by atoms with Crippen LogP contribution in [-0.2, 0) is 0 Å². The quantitative estimate of drug-likeness (QED) is 0.638. The molecular weight excluding hydrogens is 212 g/mol. The number of hydrogen-bond donors (Lipinski definition) is 3. The summed E-state index contributed by atoms with van der Waals surface area (Å²) in [6, 6.07) is 5.91. The summed E-state index contributed by atoms with van der Waals surface area (Å²) in [5.74, 6) is 0.543. The molecule has 4 N–H and O–H groups in total. The number of nitrogen functional groups attached to an aromatic ring is 1. The second kappa shape index (κ2) is 7.17. The van der Waals surface area contributed by atoms with Crippen molar-refractivity contribution in [2.75, 3.05) is 24.2 Å². The van der Waals surface area contributed by atoms with Gasteiger partial charge in [-0.05, 0) is 49.4 Å². The first-order valence-corrected chi connectivity index (χ1v) is 6.38. The van der Waals surface area contributed by atoms with E-state index in [1.165, 1.54) is 5.56 Å². The zero-order valence-electron chi connectivity index (χ0n) is 10.9. The molecule has 0 aliphatic carbocycles. The SMILES string of the molecule is CCCC(CCO)CNc1ccc(N)cc1C. The third kappa shape index (κ3) is 4.65. The molecule has 0 aliphatic heterocycles. The molecule has 0 saturated carbocycles. The van der Waals surface area contributed by atoms with Gasteiger partial charge in [0, 0.05) is 24.5 Å². The summed E-state index contributed by atoms with van der Waals surface area (Å²) in [6.45, 7) is 5.42. The summed E-state index contributed by atoms with van der Waals surface area (Å²) in [6.07, 6.45) is 3.18. The second-order valence-corrected chi connectivity index (χ2v) is 4.62. The van der Waals surface area contributed by atoms with Gasteiger partial charge in [-0.1, -0.05) is 13.3 Å². The Bertz CT molecular complexity index is 333. The van der Waals surface area contributed by atoms with Crippen LogP contribution in [0.4, 0.5) is 11.4 Å². The molecule has 0 amide bonds. The molecule has 1 unspecified atom stereocenters. The highest BCUT2D eigenvalue weighted by Gasteiger charge is 2.07. The fourth-order valence-electron chi connectivity index (χ4n) is 2.08. The van der Waals surface area contributed by atoms with Crippen LogP contribution in [0.3, 0.4) is 0 Å². The van der Waals surface area contributed by atoms with Gasteiger partial charge in [-0.25, -0.2) is 0 Å². The lowest BCUT2D eigenvalue weighted by Crippen LogP contribution is -2.16. The Hall–Kier alpha value is -1.22. The second-order valence-electron chi connectivity index (χ2n) is 4.62. The van der Waals surface area contributed by atoms with E-state index in [1.807, 2.05) is 18.2 Å². The van der Waals surface area contributed by atoms with Gasteiger partial charge in [0.15, 0.2) is 0 Å². The molecule has 1 atom stereocenters. The number of hydrogen-bond acceptors (Lipinski definition) is 3. The van der Waals surface area contributed by atoms with E-state index in [9.17, 15) is 0 Å². The molecule has 3 heteroatoms. The Labute approximate surface area is 104 Å². The zero-order valence-corrected chi connectivity index (χ0v) is 10.9. The number of aliphatic hydroxyl groups excluding tert-OH is 1. The maximum absolute atomic E-state index is 9.01. The van der Waals surface area contributed by atoms with E-state index in [1.54, 1.807) is 0 Å². The van der Waals surface area contributed by atoms with Crippen LogP contribution >= 0.6 is 0 Å². The van der Waals surface area contributed by atoms with Crippen molar-refractivity contribution < 1.29 is 5.11 Å². The number of anilines is 2. The third-order valence-electron chi connectivity index (χ3n) is 3.07. The molecule has 0 radical (unpaired) electrons. The number of aryl methyl sites for hydroxylation is 1. The van der Waals surface area contributed by atoms with Crippen LogP contribution in [0.25, 0.3) is 0 Å². The predicted octanol–water partition coefficient (Wildman–Crippen LogP) is 2.79. The molecule has 3 nitrogen and oxygen atoms in total. The summed E-state index contributed by atoms with van der Waals surface area (Å²) < 4.78 is 0. The molecule has 0 aliphatic rings. The summed E-state index contributed by atoms with van der Waals surface area (Å²) in [5.41, 5.74) is 8.83. The number of rotatable bonds is 7. The van der Waals surface area contributed by atoms with Crippen molar-refractivity contribution in [2.45, 2.75) is 33.1 Å². The number of benzene rings is 1. The number of nitrogens with two attached hydrogens (primary N) is 1. The Kier molecular flexibility index (Phi) is 5.84. The molecule has 0 bridgehead atoms. The predicted molar refractivity (Wildman–Crippen MR) is 74.2 cm³/mol. The first-order valence-electron chi connectivity index (χ1n) is 6.38. The number of nitrogens with one attached hydrogen (secondary N) is 1. The van der Waals surface area contributed by atoms with E-state index in [4.69, 9.17) is 10.8 Å². The van der Waals surface area contributed by atoms with E-state index in [-0.39, 0.29) is 6.61 Å². The van der Waals surface area contributed by atoms with Crippen LogP contribution in [0.5, 0.6) is 0 Å². The van der Waals surface area contributed by atoms with Gasteiger partial charge < -0.3 is 16.2 Å². The van der Waals surface area contributed by atoms with Crippen molar-refractivity contribution in [3.8, 4) is 0 Å². The standard InChI is InChI=1S/C14H24N2O/c1-3-4-12(7-8-17)10-16-14-6-5-13(15)9-11(14)2/h5-6,9,12,16-17H,3-4,7-8,10,15H2,1-2H3. The molecule has 96 valence electrons. The highest BCUT2D eigenvalue weighted by molar-refractivity contribution is 5.57. The summed E-state index contributed by atoms with van der Waals surface area (Å²) in [4.78, 5) is 0. The molecule has 1 aromatic rings. The molecular formula is C14H24N2O. The Morgan fingerprint density at radius 3 is 2.71 bits per heavy atom. The largest absolute Gasteiger partial charge is 0.399 e. The average molecular weight is 236 g/mol. The van der Waals surface area contributed by atoms with Gasteiger partial charge in [-0.2, -0.15) is 0 Å². The van der Waals surface area contributed by atoms with E-state index >= 15 is 0 Å². The minimum Gasteiger partial charge on any atom is -0.399 e. The smallest absolute Gasteiger partial charge is 0.0434 e. The van der Waals surface area contributed by atoms with Crippen LogP contribution in [0.15, 0.2) is 18.2 Å². The van der Waals surface area contributed by atoms with Crippen LogP contribution in [0.1, 0.15) is 31.7 Å². The fourth-order valence-corrected chi connectivity index (χ4v) is 2.08. The van der Waals surface area contributed by atoms with Gasteiger partial charge in [0.1, 0.15) is 0 Å². The third-order valence-corrected chi connectivity index (χ3v) is 3.07. The maximum atomic E-state index is 9.01. The van der Waals surface area contributed by atoms with Gasteiger partial charge in [0.25, 0.3) is 0 Å². The lowest BCUT2D eigenvalue weighted by molar-refractivity contribution is 0.255. The van der Waals surface area contributed by atoms with E-state index in [0.29, 0.717) is 5.92 Å².